The summed E-state index contributed by atoms with van der Waals surface area (Å²) >= 11 is -1.28. The van der Waals surface area contributed by atoms with Crippen LogP contribution in [0.1, 0.15) is 34.4 Å². The van der Waals surface area contributed by atoms with Crippen molar-refractivity contribution in [1.29, 1.82) is 0 Å². The van der Waals surface area contributed by atoms with Gasteiger partial charge in [0.05, 0.1) is 0 Å². The third-order valence-corrected chi connectivity index (χ3v) is 10.6. The Balaban J connectivity index is 1.70. The molecule has 1 aliphatic rings. The van der Waals surface area contributed by atoms with Crippen LogP contribution in [0, 0.1) is 0 Å². The Bertz CT molecular complexity index is 722. The molecule has 110 valence electrons. The van der Waals surface area contributed by atoms with Gasteiger partial charge >= 0.3 is 154 Å². The number of rotatable bonds is 4. The van der Waals surface area contributed by atoms with Crippen molar-refractivity contribution in [3.8, 4) is 0 Å². The second-order valence-corrected chi connectivity index (χ2v) is 12.8. The first kappa shape index (κ1) is 15.4. The minimum absolute atomic E-state index is 0.584. The van der Waals surface area contributed by atoms with E-state index in [1.807, 2.05) is 0 Å². The molecule has 4 rings (SSSR count). The molecule has 0 aromatic heterocycles. The summed E-state index contributed by atoms with van der Waals surface area (Å²) in [5.41, 5.74) is 4.36. The maximum absolute atomic E-state index is 6.15. The first-order valence-corrected chi connectivity index (χ1v) is 17.6. The summed E-state index contributed by atoms with van der Waals surface area (Å²) < 4.78 is 1.41. The van der Waals surface area contributed by atoms with E-state index in [0.717, 1.165) is 0 Å². The van der Waals surface area contributed by atoms with E-state index in [1.165, 1.54) is 19.8 Å². The number of benzene rings is 3. The molecule has 23 heavy (non-hydrogen) atoms. The van der Waals surface area contributed by atoms with E-state index in [4.69, 9.17) is 8.25 Å². The summed E-state index contributed by atoms with van der Waals surface area (Å²) in [6, 6.07) is 31.0. The molecule has 1 saturated carbocycles. The molecule has 0 spiro atoms. The third-order valence-electron chi connectivity index (χ3n) is 4.91. The minimum atomic E-state index is -1.28. The van der Waals surface area contributed by atoms with Crippen LogP contribution in [0.5, 0.6) is 0 Å². The van der Waals surface area contributed by atoms with Gasteiger partial charge in [-0.25, -0.2) is 0 Å². The zero-order chi connectivity index (χ0) is 15.6. The summed E-state index contributed by atoms with van der Waals surface area (Å²) in [5.74, 6) is 1.76. The van der Waals surface area contributed by atoms with Crippen molar-refractivity contribution in [1.82, 2.24) is 0 Å². The number of halogens is 1. The molecule has 3 aromatic rings. The summed E-state index contributed by atoms with van der Waals surface area (Å²) in [4.78, 5) is 0. The van der Waals surface area contributed by atoms with Gasteiger partial charge in [0.15, 0.2) is 0 Å². The van der Waals surface area contributed by atoms with Crippen LogP contribution in [-0.4, -0.2) is 0 Å². The van der Waals surface area contributed by atoms with Crippen LogP contribution in [-0.2, 0) is 23.3 Å². The molecule has 2 atom stereocenters. The van der Waals surface area contributed by atoms with E-state index < -0.39 is 23.3 Å². The Morgan fingerprint density at radius 1 is 0.522 bits per heavy atom. The molecule has 1 aliphatic carbocycles. The maximum atomic E-state index is 6.15. The van der Waals surface area contributed by atoms with Crippen LogP contribution in [0.3, 0.4) is 0 Å². The van der Waals surface area contributed by atoms with Gasteiger partial charge in [0.2, 0.25) is 0 Å². The van der Waals surface area contributed by atoms with E-state index in [1.54, 1.807) is 0 Å². The van der Waals surface area contributed by atoms with E-state index in [0.29, 0.717) is 17.8 Å². The average molecular weight is 505 g/mol. The topological polar surface area (TPSA) is 0 Å². The van der Waals surface area contributed by atoms with Crippen molar-refractivity contribution in [2.24, 2.45) is 0 Å². The number of hydrogen-bond acceptors (Lipinski definition) is 0. The second-order valence-electron chi connectivity index (χ2n) is 6.27. The molecule has 0 amide bonds. The second kappa shape index (κ2) is 6.79. The summed E-state index contributed by atoms with van der Waals surface area (Å²) in [6.07, 6.45) is 0. The van der Waals surface area contributed by atoms with E-state index in [9.17, 15) is 0 Å². The molecule has 2 unspecified atom stereocenters. The first-order valence-electron chi connectivity index (χ1n) is 8.13. The predicted molar refractivity (Wildman–Crippen MR) is 93.0 cm³/mol. The van der Waals surface area contributed by atoms with Crippen molar-refractivity contribution < 1.29 is 23.3 Å². The fourth-order valence-corrected chi connectivity index (χ4v) is 6.91. The molecule has 0 bridgehead atoms. The zero-order valence-electron chi connectivity index (χ0n) is 12.9. The van der Waals surface area contributed by atoms with Crippen LogP contribution in [0.25, 0.3) is 0 Å². The van der Waals surface area contributed by atoms with Gasteiger partial charge in [-0.2, -0.15) is 0 Å². The summed E-state index contributed by atoms with van der Waals surface area (Å²) in [7, 11) is 6.15. The standard InChI is InChI=1S/C21H17.ClH.Hg/c1-4-10-16(11-5-1)19-20(17-12-6-2-7-13-17)21(19)18-14-8-3-9-15-18;;/h1-2,4-15,19-21H;1H;/q;;+1/p-1. The molecule has 0 N–H and O–H groups in total. The molecule has 2 heteroatoms. The average Bonchev–Trinajstić information content (AvgIpc) is 3.39. The summed E-state index contributed by atoms with van der Waals surface area (Å²) in [6.45, 7) is 0. The van der Waals surface area contributed by atoms with Gasteiger partial charge in [-0.15, -0.1) is 0 Å². The zero-order valence-corrected chi connectivity index (χ0v) is 19.2. The molecule has 0 radical (unpaired) electrons. The molecule has 1 fully saturated rings. The molecule has 0 saturated heterocycles. The molecular formula is C21H17ClHg. The predicted octanol–water partition coefficient (Wildman–Crippen LogP) is 5.21. The van der Waals surface area contributed by atoms with Crippen LogP contribution >= 0.6 is 8.25 Å². The SMILES string of the molecule is [Cl][Hg][c]1ccc(C2C(c3ccccc3)C2c2ccccc2)cc1. The molecule has 0 heterocycles. The fourth-order valence-electron chi connectivity index (χ4n) is 3.73. The van der Waals surface area contributed by atoms with E-state index in [-0.39, 0.29) is 0 Å². The van der Waals surface area contributed by atoms with Crippen LogP contribution < -0.4 is 3.07 Å². The Labute approximate surface area is 153 Å². The molecule has 0 aliphatic heterocycles. The van der Waals surface area contributed by atoms with Crippen LogP contribution in [0.15, 0.2) is 84.9 Å². The Morgan fingerprint density at radius 3 is 1.30 bits per heavy atom. The Kier molecular flexibility index (Phi) is 4.55. The Morgan fingerprint density at radius 2 is 0.913 bits per heavy atom. The quantitative estimate of drug-likeness (QED) is 0.427. The monoisotopic (exact) mass is 506 g/mol. The van der Waals surface area contributed by atoms with Crippen molar-refractivity contribution >= 4 is 11.3 Å². The van der Waals surface area contributed by atoms with Crippen molar-refractivity contribution in [2.45, 2.75) is 17.8 Å². The first-order chi connectivity index (χ1) is 11.4. The molecular weight excluding hydrogens is 488 g/mol. The van der Waals surface area contributed by atoms with Crippen molar-refractivity contribution in [3.63, 3.8) is 0 Å². The van der Waals surface area contributed by atoms with Gasteiger partial charge in [0.1, 0.15) is 0 Å². The Hall–Kier alpha value is -1.11. The normalized spacial score (nSPS) is 22.4. The molecule has 0 nitrogen and oxygen atoms in total. The van der Waals surface area contributed by atoms with Gasteiger partial charge < -0.3 is 0 Å². The van der Waals surface area contributed by atoms with Gasteiger partial charge in [-0.1, -0.05) is 0 Å². The van der Waals surface area contributed by atoms with Gasteiger partial charge in [-0.3, -0.25) is 0 Å². The number of hydrogen-bond donors (Lipinski definition) is 0. The van der Waals surface area contributed by atoms with Crippen LogP contribution in [0.4, 0.5) is 0 Å². The van der Waals surface area contributed by atoms with Crippen molar-refractivity contribution in [3.05, 3.63) is 102 Å². The third kappa shape index (κ3) is 3.12. The van der Waals surface area contributed by atoms with Gasteiger partial charge in [0.25, 0.3) is 0 Å². The fraction of sp³-hybridized carbons (Fsp3) is 0.143. The van der Waals surface area contributed by atoms with E-state index >= 15 is 0 Å². The van der Waals surface area contributed by atoms with Crippen LogP contribution in [0.2, 0.25) is 0 Å². The van der Waals surface area contributed by atoms with Gasteiger partial charge in [-0.05, 0) is 0 Å². The van der Waals surface area contributed by atoms with E-state index in [2.05, 4.69) is 84.9 Å². The summed E-state index contributed by atoms with van der Waals surface area (Å²) in [5, 5.41) is 0. The molecule has 3 aromatic carbocycles. The van der Waals surface area contributed by atoms with Crippen molar-refractivity contribution in [2.75, 3.05) is 0 Å². The van der Waals surface area contributed by atoms with Gasteiger partial charge in [0, 0.05) is 0 Å².